The van der Waals surface area contributed by atoms with Crippen LogP contribution in [0.25, 0.3) is 0 Å². The lowest BCUT2D eigenvalue weighted by molar-refractivity contribution is -0.121. The van der Waals surface area contributed by atoms with Crippen molar-refractivity contribution in [3.05, 3.63) is 58.9 Å². The first-order chi connectivity index (χ1) is 12.5. The number of fused-ring (bicyclic) bond motifs is 1. The summed E-state index contributed by atoms with van der Waals surface area (Å²) in [5.74, 6) is -2.01. The summed E-state index contributed by atoms with van der Waals surface area (Å²) in [4.78, 5) is 27.3. The van der Waals surface area contributed by atoms with E-state index in [1.807, 2.05) is 24.3 Å². The number of hydrogen-bond acceptors (Lipinski definition) is 4. The van der Waals surface area contributed by atoms with Gasteiger partial charge in [-0.3, -0.25) is 4.79 Å². The van der Waals surface area contributed by atoms with E-state index in [-0.39, 0.29) is 16.5 Å². The number of carbonyl (C=O) groups is 2. The zero-order valence-corrected chi connectivity index (χ0v) is 15.6. The van der Waals surface area contributed by atoms with Crippen molar-refractivity contribution in [2.24, 2.45) is 0 Å². The fourth-order valence-corrected chi connectivity index (χ4v) is 3.96. The highest BCUT2D eigenvalue weighted by Crippen LogP contribution is 2.37. The number of esters is 1. The Labute approximate surface area is 160 Å². The van der Waals surface area contributed by atoms with E-state index in [0.717, 1.165) is 23.1 Å². The molecule has 0 N–H and O–H groups in total. The third kappa shape index (κ3) is 4.19. The van der Waals surface area contributed by atoms with Crippen molar-refractivity contribution in [3.63, 3.8) is 0 Å². The second kappa shape index (κ2) is 8.10. The first-order valence-electron chi connectivity index (χ1n) is 8.14. The molecule has 0 fully saturated rings. The minimum absolute atomic E-state index is 0.183. The highest BCUT2D eigenvalue weighted by molar-refractivity contribution is 8.00. The van der Waals surface area contributed by atoms with Gasteiger partial charge in [0.15, 0.2) is 6.61 Å². The molecule has 1 atom stereocenters. The number of rotatable bonds is 3. The molecule has 4 nitrogen and oxygen atoms in total. The van der Waals surface area contributed by atoms with Crippen LogP contribution in [0.15, 0.2) is 47.4 Å². The molecule has 0 unspecified atom stereocenters. The number of carbonyl (C=O) groups excluding carboxylic acids is 2. The van der Waals surface area contributed by atoms with Crippen LogP contribution < -0.4 is 4.90 Å². The molecule has 0 spiro atoms. The van der Waals surface area contributed by atoms with Gasteiger partial charge in [-0.25, -0.2) is 9.18 Å². The van der Waals surface area contributed by atoms with Crippen LogP contribution in [0.3, 0.4) is 0 Å². The summed E-state index contributed by atoms with van der Waals surface area (Å²) >= 11 is 7.39. The fourth-order valence-electron chi connectivity index (χ4n) is 2.68. The van der Waals surface area contributed by atoms with Gasteiger partial charge in [-0.2, -0.15) is 0 Å². The van der Waals surface area contributed by atoms with Crippen molar-refractivity contribution in [1.29, 1.82) is 0 Å². The number of ether oxygens (including phenoxy) is 1. The number of nitrogens with zero attached hydrogens (tertiary/aromatic N) is 1. The lowest BCUT2D eigenvalue weighted by Gasteiger charge is -2.22. The van der Waals surface area contributed by atoms with Gasteiger partial charge < -0.3 is 9.64 Å². The average molecular weight is 394 g/mol. The smallest absolute Gasteiger partial charge is 0.341 e. The second-order valence-corrected chi connectivity index (χ2v) is 7.85. The van der Waals surface area contributed by atoms with Gasteiger partial charge in [-0.05, 0) is 36.8 Å². The summed E-state index contributed by atoms with van der Waals surface area (Å²) < 4.78 is 18.8. The summed E-state index contributed by atoms with van der Waals surface area (Å²) in [6.07, 6.45) is 0.824. The Bertz CT molecular complexity index is 845. The number of amides is 1. The molecular weight excluding hydrogens is 377 g/mol. The Kier molecular flexibility index (Phi) is 5.84. The topological polar surface area (TPSA) is 46.6 Å². The third-order valence-electron chi connectivity index (χ3n) is 4.02. The Balaban J connectivity index is 1.71. The standard InChI is InChI=1S/C19H17ClFNO3S/c1-12-8-9-22(16-4-2-3-5-17(16)26-12)18(23)11-25-19(24)14-7-6-13(20)10-15(14)21/h2-7,10,12H,8-9,11H2,1H3/t12-/m1/s1. The minimum Gasteiger partial charge on any atom is -0.452 e. The molecular formula is C19H17ClFNO3S. The van der Waals surface area contributed by atoms with Crippen LogP contribution in [0.5, 0.6) is 0 Å². The Morgan fingerprint density at radius 3 is 2.85 bits per heavy atom. The number of benzene rings is 2. The van der Waals surface area contributed by atoms with E-state index in [2.05, 4.69) is 6.92 Å². The summed E-state index contributed by atoms with van der Waals surface area (Å²) in [7, 11) is 0. The fraction of sp³-hybridized carbons (Fsp3) is 0.263. The predicted octanol–water partition coefficient (Wildman–Crippen LogP) is 4.55. The van der Waals surface area contributed by atoms with Gasteiger partial charge in [0.1, 0.15) is 5.82 Å². The molecule has 0 bridgehead atoms. The van der Waals surface area contributed by atoms with Crippen LogP contribution in [0.2, 0.25) is 5.02 Å². The van der Waals surface area contributed by atoms with Gasteiger partial charge in [0, 0.05) is 21.7 Å². The molecule has 2 aromatic carbocycles. The summed E-state index contributed by atoms with van der Waals surface area (Å²) in [5.41, 5.74) is 0.559. The summed E-state index contributed by atoms with van der Waals surface area (Å²) in [5, 5.41) is 0.558. The van der Waals surface area contributed by atoms with Crippen molar-refractivity contribution < 1.29 is 18.7 Å². The molecule has 1 heterocycles. The molecule has 7 heteroatoms. The number of anilines is 1. The van der Waals surface area contributed by atoms with Crippen LogP contribution in [0.1, 0.15) is 23.7 Å². The molecule has 0 aliphatic carbocycles. The normalized spacial score (nSPS) is 16.6. The van der Waals surface area contributed by atoms with Gasteiger partial charge in [0.25, 0.3) is 5.91 Å². The van der Waals surface area contributed by atoms with Crippen molar-refractivity contribution in [2.45, 2.75) is 23.5 Å². The number of thioether (sulfide) groups is 1. The first-order valence-corrected chi connectivity index (χ1v) is 9.39. The molecule has 0 saturated carbocycles. The number of hydrogen-bond donors (Lipinski definition) is 0. The van der Waals surface area contributed by atoms with Crippen LogP contribution in [-0.2, 0) is 9.53 Å². The third-order valence-corrected chi connectivity index (χ3v) is 5.49. The maximum absolute atomic E-state index is 13.8. The number of halogens is 2. The van der Waals surface area contributed by atoms with Crippen molar-refractivity contribution in [2.75, 3.05) is 18.1 Å². The molecule has 1 amide bonds. The molecule has 0 radical (unpaired) electrons. The maximum Gasteiger partial charge on any atom is 0.341 e. The van der Waals surface area contributed by atoms with Gasteiger partial charge in [-0.15, -0.1) is 11.8 Å². The zero-order valence-electron chi connectivity index (χ0n) is 14.1. The first kappa shape index (κ1) is 18.7. The monoisotopic (exact) mass is 393 g/mol. The highest BCUT2D eigenvalue weighted by Gasteiger charge is 2.25. The molecule has 1 aliphatic rings. The Morgan fingerprint density at radius 2 is 2.08 bits per heavy atom. The van der Waals surface area contributed by atoms with Crippen molar-refractivity contribution >= 4 is 40.9 Å². The van der Waals surface area contributed by atoms with Crippen LogP contribution >= 0.6 is 23.4 Å². The Hall–Kier alpha value is -2.05. The van der Waals surface area contributed by atoms with Crippen LogP contribution in [0.4, 0.5) is 10.1 Å². The van der Waals surface area contributed by atoms with E-state index in [9.17, 15) is 14.0 Å². The largest absolute Gasteiger partial charge is 0.452 e. The summed E-state index contributed by atoms with van der Waals surface area (Å²) in [6.45, 7) is 2.20. The van der Waals surface area contributed by atoms with Gasteiger partial charge >= 0.3 is 5.97 Å². The average Bonchev–Trinajstić information content (AvgIpc) is 2.77. The van der Waals surface area contributed by atoms with Crippen molar-refractivity contribution in [3.8, 4) is 0 Å². The quantitative estimate of drug-likeness (QED) is 0.717. The van der Waals surface area contributed by atoms with E-state index in [0.29, 0.717) is 11.8 Å². The predicted molar refractivity (Wildman–Crippen MR) is 100 cm³/mol. The van der Waals surface area contributed by atoms with Crippen LogP contribution in [-0.4, -0.2) is 30.3 Å². The zero-order chi connectivity index (χ0) is 18.7. The molecule has 136 valence electrons. The van der Waals surface area contributed by atoms with Gasteiger partial charge in [-0.1, -0.05) is 30.7 Å². The van der Waals surface area contributed by atoms with Gasteiger partial charge in [0.2, 0.25) is 0 Å². The minimum atomic E-state index is -0.890. The molecule has 1 aliphatic heterocycles. The van der Waals surface area contributed by atoms with E-state index < -0.39 is 18.4 Å². The van der Waals surface area contributed by atoms with E-state index in [1.165, 1.54) is 12.1 Å². The van der Waals surface area contributed by atoms with Gasteiger partial charge in [0.05, 0.1) is 11.3 Å². The molecule has 3 rings (SSSR count). The highest BCUT2D eigenvalue weighted by atomic mass is 35.5. The molecule has 26 heavy (non-hydrogen) atoms. The summed E-state index contributed by atoms with van der Waals surface area (Å²) in [6, 6.07) is 11.3. The molecule has 0 aromatic heterocycles. The van der Waals surface area contributed by atoms with Crippen molar-refractivity contribution in [1.82, 2.24) is 0 Å². The lowest BCUT2D eigenvalue weighted by atomic mass is 10.2. The van der Waals surface area contributed by atoms with Crippen LogP contribution in [0, 0.1) is 5.82 Å². The van der Waals surface area contributed by atoms with E-state index >= 15 is 0 Å². The molecule has 2 aromatic rings. The lowest BCUT2D eigenvalue weighted by Crippen LogP contribution is -2.35. The second-order valence-electron chi connectivity index (χ2n) is 5.93. The molecule has 0 saturated heterocycles. The van der Waals surface area contributed by atoms with E-state index in [4.69, 9.17) is 16.3 Å². The SMILES string of the molecule is C[C@@H]1CCN(C(=O)COC(=O)c2ccc(Cl)cc2F)c2ccccc2S1. The maximum atomic E-state index is 13.8. The Morgan fingerprint density at radius 1 is 1.31 bits per heavy atom. The number of para-hydroxylation sites is 1. The van der Waals surface area contributed by atoms with E-state index in [1.54, 1.807) is 16.7 Å².